The second-order valence-electron chi connectivity index (χ2n) is 5.23. The minimum Gasteiger partial charge on any atom is -0.359 e. The number of halogens is 1. The van der Waals surface area contributed by atoms with Crippen LogP contribution in [0.5, 0.6) is 0 Å². The van der Waals surface area contributed by atoms with Gasteiger partial charge in [-0.25, -0.2) is 0 Å². The van der Waals surface area contributed by atoms with E-state index in [4.69, 9.17) is 5.73 Å². The Balaban J connectivity index is 2.02. The number of nitrogens with one attached hydrogen (secondary N) is 1. The zero-order valence-corrected chi connectivity index (χ0v) is 13.4. The molecule has 0 saturated carbocycles. The fourth-order valence-electron chi connectivity index (χ4n) is 2.89. The number of benzene rings is 1. The van der Waals surface area contributed by atoms with E-state index >= 15 is 0 Å². The number of piperidine rings is 1. The third kappa shape index (κ3) is 3.59. The van der Waals surface area contributed by atoms with Gasteiger partial charge in [-0.3, -0.25) is 9.69 Å². The van der Waals surface area contributed by atoms with Crippen LogP contribution in [0.3, 0.4) is 0 Å². The number of nitrogens with zero attached hydrogens (tertiary/aromatic N) is 1. The van der Waals surface area contributed by atoms with Crippen LogP contribution in [0.1, 0.15) is 24.4 Å². The van der Waals surface area contributed by atoms with Crippen LogP contribution >= 0.6 is 15.9 Å². The Morgan fingerprint density at radius 1 is 1.50 bits per heavy atom. The van der Waals surface area contributed by atoms with Gasteiger partial charge < -0.3 is 11.1 Å². The summed E-state index contributed by atoms with van der Waals surface area (Å²) in [6.45, 7) is 2.44. The summed E-state index contributed by atoms with van der Waals surface area (Å²) >= 11 is 3.51. The van der Waals surface area contributed by atoms with Crippen molar-refractivity contribution in [2.45, 2.75) is 18.9 Å². The van der Waals surface area contributed by atoms with Crippen LogP contribution in [-0.4, -0.2) is 37.5 Å². The number of amides is 1. The maximum Gasteiger partial charge on any atom is 0.222 e. The van der Waals surface area contributed by atoms with Crippen LogP contribution in [0.2, 0.25) is 0 Å². The third-order valence-corrected chi connectivity index (χ3v) is 4.54. The van der Waals surface area contributed by atoms with Gasteiger partial charge >= 0.3 is 0 Å². The predicted molar refractivity (Wildman–Crippen MR) is 84.3 cm³/mol. The van der Waals surface area contributed by atoms with Crippen LogP contribution in [0.15, 0.2) is 28.7 Å². The Hall–Kier alpha value is -0.910. The highest BCUT2D eigenvalue weighted by Crippen LogP contribution is 2.27. The van der Waals surface area contributed by atoms with Gasteiger partial charge in [-0.1, -0.05) is 28.1 Å². The van der Waals surface area contributed by atoms with E-state index < -0.39 is 0 Å². The summed E-state index contributed by atoms with van der Waals surface area (Å²) in [5, 5.41) is 2.74. The molecule has 20 heavy (non-hydrogen) atoms. The van der Waals surface area contributed by atoms with Gasteiger partial charge in [0.1, 0.15) is 0 Å². The average molecular weight is 340 g/mol. The molecule has 5 heteroatoms. The summed E-state index contributed by atoms with van der Waals surface area (Å²) in [6, 6.07) is 8.54. The molecule has 110 valence electrons. The number of rotatable bonds is 4. The van der Waals surface area contributed by atoms with Gasteiger partial charge in [-0.05, 0) is 43.6 Å². The van der Waals surface area contributed by atoms with Crippen molar-refractivity contribution in [3.8, 4) is 0 Å². The van der Waals surface area contributed by atoms with Crippen LogP contribution < -0.4 is 11.1 Å². The second-order valence-corrected chi connectivity index (χ2v) is 6.15. The van der Waals surface area contributed by atoms with Gasteiger partial charge in [-0.2, -0.15) is 0 Å². The smallest absolute Gasteiger partial charge is 0.222 e. The molecule has 0 spiro atoms. The van der Waals surface area contributed by atoms with E-state index in [9.17, 15) is 4.79 Å². The Labute approximate surface area is 128 Å². The van der Waals surface area contributed by atoms with Crippen LogP contribution in [0.4, 0.5) is 0 Å². The SMILES string of the molecule is CNC(=O)C1CCN(C(CN)c2cccc(Br)c2)CC1. The zero-order valence-electron chi connectivity index (χ0n) is 11.8. The molecule has 4 nitrogen and oxygen atoms in total. The van der Waals surface area contributed by atoms with Crippen molar-refractivity contribution < 1.29 is 4.79 Å². The molecule has 1 aromatic carbocycles. The molecule has 1 aliphatic heterocycles. The van der Waals surface area contributed by atoms with E-state index in [0.717, 1.165) is 30.4 Å². The van der Waals surface area contributed by atoms with Crippen molar-refractivity contribution in [2.24, 2.45) is 11.7 Å². The van der Waals surface area contributed by atoms with Crippen LogP contribution in [0, 0.1) is 5.92 Å². The lowest BCUT2D eigenvalue weighted by Gasteiger charge is -2.36. The predicted octanol–water partition coefficient (Wildman–Crippen LogP) is 1.91. The maximum atomic E-state index is 11.7. The second kappa shape index (κ2) is 7.20. The van der Waals surface area contributed by atoms with Gasteiger partial charge in [0.25, 0.3) is 0 Å². The fraction of sp³-hybridized carbons (Fsp3) is 0.533. The first-order valence-corrected chi connectivity index (χ1v) is 7.86. The zero-order chi connectivity index (χ0) is 14.5. The molecule has 0 aromatic heterocycles. The first-order chi connectivity index (χ1) is 9.65. The molecule has 3 N–H and O–H groups in total. The normalized spacial score (nSPS) is 18.8. The van der Waals surface area contributed by atoms with Crippen molar-refractivity contribution in [2.75, 3.05) is 26.7 Å². The minimum absolute atomic E-state index is 0.150. The van der Waals surface area contributed by atoms with Crippen LogP contribution in [0.25, 0.3) is 0 Å². The molecule has 1 fully saturated rings. The molecular weight excluding hydrogens is 318 g/mol. The summed E-state index contributed by atoms with van der Waals surface area (Å²) < 4.78 is 1.08. The monoisotopic (exact) mass is 339 g/mol. The number of carbonyl (C=O) groups excluding carboxylic acids is 1. The quantitative estimate of drug-likeness (QED) is 0.880. The lowest BCUT2D eigenvalue weighted by atomic mass is 9.93. The average Bonchev–Trinajstić information content (AvgIpc) is 2.48. The van der Waals surface area contributed by atoms with Gasteiger partial charge in [-0.15, -0.1) is 0 Å². The third-order valence-electron chi connectivity index (χ3n) is 4.04. The molecule has 1 heterocycles. The summed E-state index contributed by atoms with van der Waals surface area (Å²) in [6.07, 6.45) is 1.81. The summed E-state index contributed by atoms with van der Waals surface area (Å²) in [4.78, 5) is 14.1. The summed E-state index contributed by atoms with van der Waals surface area (Å²) in [7, 11) is 1.71. The molecule has 0 aliphatic carbocycles. The van der Waals surface area contributed by atoms with Crippen molar-refractivity contribution in [3.05, 3.63) is 34.3 Å². The highest BCUT2D eigenvalue weighted by molar-refractivity contribution is 9.10. The summed E-state index contributed by atoms with van der Waals surface area (Å²) in [5.41, 5.74) is 7.21. The number of likely N-dealkylation sites (tertiary alicyclic amines) is 1. The molecular formula is C15H22BrN3O. The van der Waals surface area contributed by atoms with Gasteiger partial charge in [0.2, 0.25) is 5.91 Å². The molecule has 1 aromatic rings. The number of hydrogen-bond acceptors (Lipinski definition) is 3. The van der Waals surface area contributed by atoms with Gasteiger partial charge in [0, 0.05) is 30.0 Å². The molecule has 1 saturated heterocycles. The van der Waals surface area contributed by atoms with E-state index in [1.165, 1.54) is 5.56 Å². The molecule has 1 atom stereocenters. The van der Waals surface area contributed by atoms with Crippen molar-refractivity contribution in [1.82, 2.24) is 10.2 Å². The minimum atomic E-state index is 0.150. The Morgan fingerprint density at radius 2 is 2.20 bits per heavy atom. The van der Waals surface area contributed by atoms with Crippen molar-refractivity contribution in [1.29, 1.82) is 0 Å². The highest BCUT2D eigenvalue weighted by Gasteiger charge is 2.28. The Morgan fingerprint density at radius 3 is 2.75 bits per heavy atom. The van der Waals surface area contributed by atoms with Gasteiger partial charge in [0.15, 0.2) is 0 Å². The standard InChI is InChI=1S/C15H22BrN3O/c1-18-15(20)11-5-7-19(8-6-11)14(10-17)12-3-2-4-13(16)9-12/h2-4,9,11,14H,5-8,10,17H2,1H3,(H,18,20). The topological polar surface area (TPSA) is 58.4 Å². The largest absolute Gasteiger partial charge is 0.359 e. The first kappa shape index (κ1) is 15.5. The maximum absolute atomic E-state index is 11.7. The molecule has 2 rings (SSSR count). The molecule has 1 amide bonds. The summed E-state index contributed by atoms with van der Waals surface area (Å²) in [5.74, 6) is 0.314. The lowest BCUT2D eigenvalue weighted by molar-refractivity contribution is -0.126. The number of hydrogen-bond donors (Lipinski definition) is 2. The van der Waals surface area contributed by atoms with Crippen LogP contribution in [-0.2, 0) is 4.79 Å². The van der Waals surface area contributed by atoms with E-state index in [0.29, 0.717) is 6.54 Å². The van der Waals surface area contributed by atoms with Gasteiger partial charge in [0.05, 0.1) is 0 Å². The molecule has 0 bridgehead atoms. The van der Waals surface area contributed by atoms with E-state index in [1.54, 1.807) is 7.05 Å². The van der Waals surface area contributed by atoms with E-state index in [2.05, 4.69) is 38.3 Å². The number of carbonyl (C=O) groups is 1. The van der Waals surface area contributed by atoms with Crippen molar-refractivity contribution >= 4 is 21.8 Å². The molecule has 1 unspecified atom stereocenters. The Kier molecular flexibility index (Phi) is 5.57. The first-order valence-electron chi connectivity index (χ1n) is 7.07. The lowest BCUT2D eigenvalue weighted by Crippen LogP contribution is -2.43. The van der Waals surface area contributed by atoms with E-state index in [-0.39, 0.29) is 17.9 Å². The molecule has 1 aliphatic rings. The van der Waals surface area contributed by atoms with E-state index in [1.807, 2.05) is 12.1 Å². The fourth-order valence-corrected chi connectivity index (χ4v) is 3.30. The Bertz CT molecular complexity index is 458. The van der Waals surface area contributed by atoms with Crippen molar-refractivity contribution in [3.63, 3.8) is 0 Å². The highest BCUT2D eigenvalue weighted by atomic mass is 79.9. The molecule has 0 radical (unpaired) electrons. The number of nitrogens with two attached hydrogens (primary N) is 1.